The molecule has 3 aromatic rings. The zero-order valence-corrected chi connectivity index (χ0v) is 15.8. The van der Waals surface area contributed by atoms with Crippen molar-refractivity contribution in [3.63, 3.8) is 0 Å². The van der Waals surface area contributed by atoms with Crippen molar-refractivity contribution in [2.75, 3.05) is 7.11 Å². The number of ether oxygens (including phenoxy) is 2. The summed E-state index contributed by atoms with van der Waals surface area (Å²) in [4.78, 5) is 24.4. The van der Waals surface area contributed by atoms with Gasteiger partial charge in [0.1, 0.15) is 11.5 Å². The van der Waals surface area contributed by atoms with E-state index >= 15 is 0 Å². The summed E-state index contributed by atoms with van der Waals surface area (Å²) in [5, 5.41) is 2.08. The number of carbonyl (C=O) groups is 2. The van der Waals surface area contributed by atoms with Crippen molar-refractivity contribution in [3.8, 4) is 11.5 Å². The smallest absolute Gasteiger partial charge is 0.279 e. The van der Waals surface area contributed by atoms with E-state index < -0.39 is 12.0 Å². The van der Waals surface area contributed by atoms with Crippen LogP contribution >= 0.6 is 0 Å². The molecule has 2 N–H and O–H groups in total. The molecule has 0 aromatic heterocycles. The van der Waals surface area contributed by atoms with Gasteiger partial charge in [-0.25, -0.2) is 0 Å². The molecule has 0 aliphatic carbocycles. The van der Waals surface area contributed by atoms with E-state index in [1.807, 2.05) is 42.5 Å². The molecule has 0 spiro atoms. The van der Waals surface area contributed by atoms with Gasteiger partial charge in [-0.05, 0) is 47.5 Å². The lowest BCUT2D eigenvalue weighted by Gasteiger charge is -2.15. The molecule has 0 saturated heterocycles. The highest BCUT2D eigenvalue weighted by molar-refractivity contribution is 5.91. The van der Waals surface area contributed by atoms with Gasteiger partial charge in [-0.15, -0.1) is 0 Å². The van der Waals surface area contributed by atoms with E-state index in [4.69, 9.17) is 9.47 Å². The van der Waals surface area contributed by atoms with Crippen LogP contribution in [0.2, 0.25) is 0 Å². The molecule has 0 fully saturated rings. The maximum Gasteiger partial charge on any atom is 0.279 e. The van der Waals surface area contributed by atoms with Crippen molar-refractivity contribution >= 4 is 22.6 Å². The maximum absolute atomic E-state index is 12.2. The van der Waals surface area contributed by atoms with E-state index in [0.29, 0.717) is 11.5 Å². The molecule has 3 rings (SSSR count). The molecule has 0 aliphatic rings. The Bertz CT molecular complexity index is 964. The van der Waals surface area contributed by atoms with Crippen LogP contribution < -0.4 is 20.3 Å². The van der Waals surface area contributed by atoms with Gasteiger partial charge in [0.25, 0.3) is 5.91 Å². The van der Waals surface area contributed by atoms with Crippen LogP contribution in [0.4, 0.5) is 0 Å². The largest absolute Gasteiger partial charge is 0.497 e. The fraction of sp³-hybridized carbons (Fsp3) is 0.182. The Kier molecular flexibility index (Phi) is 6.11. The molecule has 6 nitrogen and oxygen atoms in total. The summed E-state index contributed by atoms with van der Waals surface area (Å²) in [5.74, 6) is 0.485. The van der Waals surface area contributed by atoms with E-state index in [1.165, 1.54) is 0 Å². The second-order valence-corrected chi connectivity index (χ2v) is 6.29. The number of nitrogens with one attached hydrogen (secondary N) is 2. The molecule has 0 aliphatic heterocycles. The van der Waals surface area contributed by atoms with E-state index in [1.54, 1.807) is 38.3 Å². The summed E-state index contributed by atoms with van der Waals surface area (Å²) in [5.41, 5.74) is 5.74. The second kappa shape index (κ2) is 8.90. The van der Waals surface area contributed by atoms with Crippen molar-refractivity contribution < 1.29 is 19.1 Å². The molecule has 1 atom stereocenters. The highest BCUT2D eigenvalue weighted by Gasteiger charge is 2.16. The van der Waals surface area contributed by atoms with Crippen LogP contribution in [0.15, 0.2) is 66.7 Å². The van der Waals surface area contributed by atoms with Gasteiger partial charge in [0, 0.05) is 0 Å². The Morgan fingerprint density at radius 3 is 2.32 bits per heavy atom. The van der Waals surface area contributed by atoms with Crippen LogP contribution in [-0.4, -0.2) is 25.0 Å². The number of rotatable bonds is 6. The summed E-state index contributed by atoms with van der Waals surface area (Å²) < 4.78 is 10.6. The van der Waals surface area contributed by atoms with Crippen LogP contribution in [0.1, 0.15) is 12.5 Å². The summed E-state index contributed by atoms with van der Waals surface area (Å²) in [7, 11) is 1.58. The number of hydrazine groups is 1. The third kappa shape index (κ3) is 4.79. The van der Waals surface area contributed by atoms with Crippen LogP contribution in [-0.2, 0) is 16.0 Å². The van der Waals surface area contributed by atoms with Gasteiger partial charge in [0.05, 0.1) is 13.5 Å². The highest BCUT2D eigenvalue weighted by atomic mass is 16.5. The predicted octanol–water partition coefficient (Wildman–Crippen LogP) is 3.01. The van der Waals surface area contributed by atoms with Gasteiger partial charge in [-0.2, -0.15) is 0 Å². The first-order chi connectivity index (χ1) is 13.6. The van der Waals surface area contributed by atoms with Crippen LogP contribution in [0.3, 0.4) is 0 Å². The summed E-state index contributed by atoms with van der Waals surface area (Å²) in [6, 6.07) is 20.6. The minimum Gasteiger partial charge on any atom is -0.497 e. The topological polar surface area (TPSA) is 76.7 Å². The van der Waals surface area contributed by atoms with Crippen LogP contribution in [0, 0.1) is 0 Å². The summed E-state index contributed by atoms with van der Waals surface area (Å²) >= 11 is 0. The maximum atomic E-state index is 12.2. The van der Waals surface area contributed by atoms with Gasteiger partial charge < -0.3 is 9.47 Å². The SMILES string of the molecule is COc1ccc(OC(C)C(=O)NNC(=O)Cc2cccc3ccccc23)cc1. The zero-order valence-electron chi connectivity index (χ0n) is 15.8. The second-order valence-electron chi connectivity index (χ2n) is 6.29. The molecule has 0 saturated carbocycles. The lowest BCUT2D eigenvalue weighted by molar-refractivity contribution is -0.132. The fourth-order valence-corrected chi connectivity index (χ4v) is 2.81. The first-order valence-electron chi connectivity index (χ1n) is 8.93. The van der Waals surface area contributed by atoms with E-state index in [9.17, 15) is 9.59 Å². The minimum absolute atomic E-state index is 0.162. The van der Waals surface area contributed by atoms with Crippen LogP contribution in [0.5, 0.6) is 11.5 Å². The Morgan fingerprint density at radius 1 is 0.893 bits per heavy atom. The number of hydrogen-bond donors (Lipinski definition) is 2. The number of hydrogen-bond acceptors (Lipinski definition) is 4. The van der Waals surface area contributed by atoms with Gasteiger partial charge in [-0.1, -0.05) is 42.5 Å². The molecule has 0 radical (unpaired) electrons. The Labute approximate surface area is 163 Å². The third-order valence-electron chi connectivity index (χ3n) is 4.30. The van der Waals surface area contributed by atoms with Gasteiger partial charge in [-0.3, -0.25) is 20.4 Å². The van der Waals surface area contributed by atoms with Gasteiger partial charge in [0.15, 0.2) is 6.10 Å². The Morgan fingerprint density at radius 2 is 1.57 bits per heavy atom. The van der Waals surface area contributed by atoms with Crippen molar-refractivity contribution in [3.05, 3.63) is 72.3 Å². The van der Waals surface area contributed by atoms with E-state index in [0.717, 1.165) is 16.3 Å². The van der Waals surface area contributed by atoms with Crippen LogP contribution in [0.25, 0.3) is 10.8 Å². The lowest BCUT2D eigenvalue weighted by Crippen LogP contribution is -2.47. The number of amides is 2. The van der Waals surface area contributed by atoms with Crippen molar-refractivity contribution in [1.82, 2.24) is 10.9 Å². The molecule has 1 unspecified atom stereocenters. The Hall–Kier alpha value is -3.54. The molecule has 0 heterocycles. The molecule has 2 amide bonds. The highest BCUT2D eigenvalue weighted by Crippen LogP contribution is 2.19. The van der Waals surface area contributed by atoms with E-state index in [-0.39, 0.29) is 12.3 Å². The molecule has 0 bridgehead atoms. The van der Waals surface area contributed by atoms with Gasteiger partial charge >= 0.3 is 0 Å². The standard InChI is InChI=1S/C22H22N2O4/c1-15(28-19-12-10-18(27-2)11-13-19)22(26)24-23-21(25)14-17-8-5-7-16-6-3-4-9-20(16)17/h3-13,15H,14H2,1-2H3,(H,23,25)(H,24,26). The molecular weight excluding hydrogens is 356 g/mol. The van der Waals surface area contributed by atoms with Gasteiger partial charge in [0.2, 0.25) is 5.91 Å². The minimum atomic E-state index is -0.772. The van der Waals surface area contributed by atoms with E-state index in [2.05, 4.69) is 10.9 Å². The molecular formula is C22H22N2O4. The third-order valence-corrected chi connectivity index (χ3v) is 4.30. The number of benzene rings is 3. The zero-order chi connectivity index (χ0) is 19.9. The lowest BCUT2D eigenvalue weighted by atomic mass is 10.0. The molecule has 144 valence electrons. The fourth-order valence-electron chi connectivity index (χ4n) is 2.81. The number of fused-ring (bicyclic) bond motifs is 1. The van der Waals surface area contributed by atoms with Crippen molar-refractivity contribution in [1.29, 1.82) is 0 Å². The number of carbonyl (C=O) groups excluding carboxylic acids is 2. The molecule has 6 heteroatoms. The summed E-state index contributed by atoms with van der Waals surface area (Å²) in [6.45, 7) is 1.61. The molecule has 28 heavy (non-hydrogen) atoms. The quantitative estimate of drug-likeness (QED) is 0.647. The first-order valence-corrected chi connectivity index (χ1v) is 8.93. The van der Waals surface area contributed by atoms with Crippen molar-refractivity contribution in [2.24, 2.45) is 0 Å². The average Bonchev–Trinajstić information content (AvgIpc) is 2.73. The van der Waals surface area contributed by atoms with Crippen molar-refractivity contribution in [2.45, 2.75) is 19.4 Å². The first kappa shape index (κ1) is 19.2. The predicted molar refractivity (Wildman–Crippen MR) is 107 cm³/mol. The number of methoxy groups -OCH3 is 1. The Balaban J connectivity index is 1.52. The molecule has 3 aromatic carbocycles. The summed E-state index contributed by atoms with van der Waals surface area (Å²) in [6.07, 6.45) is -0.610. The normalized spacial score (nSPS) is 11.5. The average molecular weight is 378 g/mol. The monoisotopic (exact) mass is 378 g/mol.